The number of aromatic amines is 1. The summed E-state index contributed by atoms with van der Waals surface area (Å²) in [7, 11) is 0. The highest BCUT2D eigenvalue weighted by atomic mass is 16.2. The SMILES string of the molecule is Cc1ccc(C)c(N(Cc2cc3cc(C)ccc3[nH]c2=O)C(=O)C2CCCCC2)c1. The van der Waals surface area contributed by atoms with E-state index in [9.17, 15) is 9.59 Å². The Morgan fingerprint density at radius 1 is 0.967 bits per heavy atom. The first-order valence-corrected chi connectivity index (χ1v) is 10.9. The van der Waals surface area contributed by atoms with E-state index >= 15 is 0 Å². The average Bonchev–Trinajstić information content (AvgIpc) is 2.74. The van der Waals surface area contributed by atoms with Gasteiger partial charge >= 0.3 is 0 Å². The predicted octanol–water partition coefficient (Wildman–Crippen LogP) is 5.57. The van der Waals surface area contributed by atoms with Gasteiger partial charge in [0.1, 0.15) is 0 Å². The zero-order valence-corrected chi connectivity index (χ0v) is 18.1. The third-order valence-corrected chi connectivity index (χ3v) is 6.28. The van der Waals surface area contributed by atoms with Crippen LogP contribution in [0, 0.1) is 26.7 Å². The molecule has 1 saturated carbocycles. The fraction of sp³-hybridized carbons (Fsp3) is 0.385. The normalized spacial score (nSPS) is 14.8. The second-order valence-corrected chi connectivity index (χ2v) is 8.76. The van der Waals surface area contributed by atoms with Crippen molar-refractivity contribution in [2.75, 3.05) is 4.90 Å². The quantitative estimate of drug-likeness (QED) is 0.620. The van der Waals surface area contributed by atoms with Crippen molar-refractivity contribution in [3.05, 3.63) is 75.1 Å². The van der Waals surface area contributed by atoms with Crippen molar-refractivity contribution < 1.29 is 4.79 Å². The summed E-state index contributed by atoms with van der Waals surface area (Å²) in [6.07, 6.45) is 5.29. The van der Waals surface area contributed by atoms with Crippen molar-refractivity contribution in [1.82, 2.24) is 4.98 Å². The number of nitrogens with zero attached hydrogens (tertiary/aromatic N) is 1. The van der Waals surface area contributed by atoms with Crippen molar-refractivity contribution in [2.45, 2.75) is 59.4 Å². The maximum absolute atomic E-state index is 13.6. The number of fused-ring (bicyclic) bond motifs is 1. The molecule has 1 aliphatic carbocycles. The molecule has 4 rings (SSSR count). The van der Waals surface area contributed by atoms with Gasteiger partial charge in [0, 0.05) is 22.7 Å². The van der Waals surface area contributed by atoms with Crippen LogP contribution in [0.4, 0.5) is 5.69 Å². The van der Waals surface area contributed by atoms with E-state index in [0.717, 1.165) is 59.0 Å². The van der Waals surface area contributed by atoms with E-state index in [0.29, 0.717) is 12.1 Å². The molecule has 0 atom stereocenters. The molecule has 2 aromatic carbocycles. The number of rotatable bonds is 4. The summed E-state index contributed by atoms with van der Waals surface area (Å²) in [5, 5.41) is 0.996. The van der Waals surface area contributed by atoms with E-state index in [-0.39, 0.29) is 17.4 Å². The lowest BCUT2D eigenvalue weighted by Gasteiger charge is -2.30. The molecule has 1 aromatic heterocycles. The Balaban J connectivity index is 1.77. The molecule has 0 bridgehead atoms. The first-order valence-electron chi connectivity index (χ1n) is 10.9. The highest BCUT2D eigenvalue weighted by Gasteiger charge is 2.28. The number of hydrogen-bond donors (Lipinski definition) is 1. The summed E-state index contributed by atoms with van der Waals surface area (Å²) in [4.78, 5) is 31.3. The van der Waals surface area contributed by atoms with Crippen LogP contribution in [0.25, 0.3) is 10.9 Å². The Kier molecular flexibility index (Phi) is 5.76. The van der Waals surface area contributed by atoms with Crippen molar-refractivity contribution in [1.29, 1.82) is 0 Å². The van der Waals surface area contributed by atoms with Crippen LogP contribution >= 0.6 is 0 Å². The number of pyridine rings is 1. The van der Waals surface area contributed by atoms with Gasteiger partial charge in [-0.05, 0) is 74.4 Å². The Labute approximate surface area is 177 Å². The van der Waals surface area contributed by atoms with Gasteiger partial charge in [0.05, 0.1) is 6.54 Å². The molecular formula is C26H30N2O2. The highest BCUT2D eigenvalue weighted by Crippen LogP contribution is 2.30. The van der Waals surface area contributed by atoms with Gasteiger partial charge in [-0.25, -0.2) is 0 Å². The van der Waals surface area contributed by atoms with E-state index in [1.54, 1.807) is 0 Å². The number of amides is 1. The second-order valence-electron chi connectivity index (χ2n) is 8.76. The van der Waals surface area contributed by atoms with Gasteiger partial charge in [-0.2, -0.15) is 0 Å². The third-order valence-electron chi connectivity index (χ3n) is 6.28. The van der Waals surface area contributed by atoms with Gasteiger partial charge < -0.3 is 9.88 Å². The average molecular weight is 403 g/mol. The molecule has 1 fully saturated rings. The molecule has 1 aliphatic rings. The van der Waals surface area contributed by atoms with Gasteiger partial charge in [-0.15, -0.1) is 0 Å². The Morgan fingerprint density at radius 3 is 2.43 bits per heavy atom. The molecule has 0 aliphatic heterocycles. The molecule has 3 aromatic rings. The molecule has 4 heteroatoms. The maximum atomic E-state index is 13.6. The third kappa shape index (κ3) is 4.18. The van der Waals surface area contributed by atoms with Crippen molar-refractivity contribution in [2.24, 2.45) is 5.92 Å². The first-order chi connectivity index (χ1) is 14.4. The minimum atomic E-state index is -0.127. The van der Waals surface area contributed by atoms with Crippen LogP contribution in [0.3, 0.4) is 0 Å². The number of aryl methyl sites for hydroxylation is 3. The Bertz CT molecular complexity index is 1140. The van der Waals surface area contributed by atoms with E-state index in [2.05, 4.69) is 29.2 Å². The largest absolute Gasteiger partial charge is 0.322 e. The fourth-order valence-electron chi connectivity index (χ4n) is 4.52. The number of carbonyl (C=O) groups excluding carboxylic acids is 1. The van der Waals surface area contributed by atoms with Crippen LogP contribution in [-0.2, 0) is 11.3 Å². The van der Waals surface area contributed by atoms with Crippen molar-refractivity contribution >= 4 is 22.5 Å². The monoisotopic (exact) mass is 402 g/mol. The van der Waals surface area contributed by atoms with E-state index in [4.69, 9.17) is 0 Å². The van der Waals surface area contributed by atoms with Crippen LogP contribution in [0.5, 0.6) is 0 Å². The molecule has 1 N–H and O–H groups in total. The van der Waals surface area contributed by atoms with Crippen molar-refractivity contribution in [3.63, 3.8) is 0 Å². The second kappa shape index (κ2) is 8.47. The molecular weight excluding hydrogens is 372 g/mol. The van der Waals surface area contributed by atoms with Crippen LogP contribution in [-0.4, -0.2) is 10.9 Å². The molecule has 0 spiro atoms. The Morgan fingerprint density at radius 2 is 1.67 bits per heavy atom. The molecule has 0 radical (unpaired) electrons. The fourth-order valence-corrected chi connectivity index (χ4v) is 4.52. The smallest absolute Gasteiger partial charge is 0.253 e. The molecule has 1 heterocycles. The van der Waals surface area contributed by atoms with Gasteiger partial charge in [0.15, 0.2) is 0 Å². The number of benzene rings is 2. The topological polar surface area (TPSA) is 53.2 Å². The zero-order valence-electron chi connectivity index (χ0n) is 18.1. The molecule has 1 amide bonds. The summed E-state index contributed by atoms with van der Waals surface area (Å²) in [6.45, 7) is 6.40. The van der Waals surface area contributed by atoms with Gasteiger partial charge in [-0.1, -0.05) is 43.0 Å². The van der Waals surface area contributed by atoms with E-state index < -0.39 is 0 Å². The first kappa shape index (κ1) is 20.4. The molecule has 4 nitrogen and oxygen atoms in total. The minimum absolute atomic E-state index is 0.0421. The van der Waals surface area contributed by atoms with Gasteiger partial charge in [-0.3, -0.25) is 9.59 Å². The van der Waals surface area contributed by atoms with E-state index in [1.807, 2.05) is 43.9 Å². The standard InChI is InChI=1S/C26H30N2O2/c1-17-10-12-23-21(13-17)15-22(25(29)27-23)16-28(24-14-18(2)9-11-19(24)3)26(30)20-7-5-4-6-8-20/h9-15,20H,4-8,16H2,1-3H3,(H,27,29). The van der Waals surface area contributed by atoms with E-state index in [1.165, 1.54) is 6.42 Å². The minimum Gasteiger partial charge on any atom is -0.322 e. The number of carbonyl (C=O) groups is 1. The van der Waals surface area contributed by atoms with Crippen LogP contribution in [0.15, 0.2) is 47.3 Å². The van der Waals surface area contributed by atoms with Crippen molar-refractivity contribution in [3.8, 4) is 0 Å². The molecule has 0 saturated heterocycles. The summed E-state index contributed by atoms with van der Waals surface area (Å²) in [5.41, 5.74) is 5.54. The summed E-state index contributed by atoms with van der Waals surface area (Å²) < 4.78 is 0. The van der Waals surface area contributed by atoms with Gasteiger partial charge in [0.2, 0.25) is 5.91 Å². The zero-order chi connectivity index (χ0) is 21.3. The summed E-state index contributed by atoms with van der Waals surface area (Å²) in [5.74, 6) is 0.188. The number of nitrogens with one attached hydrogen (secondary N) is 1. The molecule has 156 valence electrons. The number of anilines is 1. The van der Waals surface area contributed by atoms with Crippen LogP contribution < -0.4 is 10.5 Å². The molecule has 30 heavy (non-hydrogen) atoms. The Hall–Kier alpha value is -2.88. The molecule has 0 unspecified atom stereocenters. The summed E-state index contributed by atoms with van der Waals surface area (Å²) >= 11 is 0. The summed E-state index contributed by atoms with van der Waals surface area (Å²) in [6, 6.07) is 14.1. The number of hydrogen-bond acceptors (Lipinski definition) is 2. The van der Waals surface area contributed by atoms with Crippen LogP contribution in [0.1, 0.15) is 54.4 Å². The highest BCUT2D eigenvalue weighted by molar-refractivity contribution is 5.96. The lowest BCUT2D eigenvalue weighted by Crippen LogP contribution is -2.38. The van der Waals surface area contributed by atoms with Gasteiger partial charge in [0.25, 0.3) is 5.56 Å². The predicted molar refractivity (Wildman–Crippen MR) is 123 cm³/mol. The number of H-pyrrole nitrogens is 1. The van der Waals surface area contributed by atoms with Crippen LogP contribution in [0.2, 0.25) is 0 Å². The maximum Gasteiger partial charge on any atom is 0.253 e. The lowest BCUT2D eigenvalue weighted by atomic mass is 9.88. The lowest BCUT2D eigenvalue weighted by molar-refractivity contribution is -0.123. The number of aromatic nitrogens is 1.